The quantitative estimate of drug-likeness (QED) is 0.800. The van der Waals surface area contributed by atoms with Gasteiger partial charge in [-0.2, -0.15) is 0 Å². The molecule has 0 aliphatic heterocycles. The fraction of sp³-hybridized carbons (Fsp3) is 0.667. The highest BCUT2D eigenvalue weighted by atomic mass is 19.1. The second kappa shape index (κ2) is 7.37. The summed E-state index contributed by atoms with van der Waals surface area (Å²) in [6.45, 7) is 1.73. The van der Waals surface area contributed by atoms with Crippen LogP contribution in [0.5, 0.6) is 0 Å². The van der Waals surface area contributed by atoms with Crippen LogP contribution in [0, 0.1) is 5.82 Å². The molecule has 3 rings (SSSR count). The molecule has 0 aromatic heterocycles. The summed E-state index contributed by atoms with van der Waals surface area (Å²) in [4.78, 5) is 0. The Morgan fingerprint density at radius 1 is 1.10 bits per heavy atom. The van der Waals surface area contributed by atoms with E-state index in [1.807, 2.05) is 12.1 Å². The van der Waals surface area contributed by atoms with Crippen molar-refractivity contribution in [2.24, 2.45) is 0 Å². The minimum atomic E-state index is -0.0541. The van der Waals surface area contributed by atoms with Crippen LogP contribution in [-0.4, -0.2) is 25.3 Å². The summed E-state index contributed by atoms with van der Waals surface area (Å²) >= 11 is 0. The van der Waals surface area contributed by atoms with Crippen LogP contribution < -0.4 is 5.32 Å². The van der Waals surface area contributed by atoms with E-state index in [9.17, 15) is 4.39 Å². The maximum Gasteiger partial charge on any atom is 0.126 e. The Morgan fingerprint density at radius 3 is 2.62 bits per heavy atom. The van der Waals surface area contributed by atoms with Gasteiger partial charge in [-0.25, -0.2) is 4.39 Å². The van der Waals surface area contributed by atoms with Gasteiger partial charge in [-0.15, -0.1) is 0 Å². The van der Waals surface area contributed by atoms with Gasteiger partial charge in [0, 0.05) is 12.6 Å². The average molecular weight is 291 g/mol. The Labute approximate surface area is 127 Å². The van der Waals surface area contributed by atoms with Gasteiger partial charge in [-0.05, 0) is 43.2 Å². The highest BCUT2D eigenvalue weighted by Gasteiger charge is 2.31. The van der Waals surface area contributed by atoms with Gasteiger partial charge >= 0.3 is 0 Å². The average Bonchev–Trinajstić information content (AvgIpc) is 2.47. The van der Waals surface area contributed by atoms with Crippen molar-refractivity contribution < 1.29 is 9.13 Å². The first-order valence-electron chi connectivity index (χ1n) is 8.42. The highest BCUT2D eigenvalue weighted by molar-refractivity contribution is 5.24. The number of nitrogens with one attached hydrogen (secondary N) is 1. The number of rotatable bonds is 6. The molecule has 0 radical (unpaired) electrons. The molecule has 1 N–H and O–H groups in total. The van der Waals surface area contributed by atoms with Crippen LogP contribution in [-0.2, 0) is 4.74 Å². The topological polar surface area (TPSA) is 21.3 Å². The molecule has 1 aromatic carbocycles. The van der Waals surface area contributed by atoms with Crippen molar-refractivity contribution in [2.75, 3.05) is 13.2 Å². The van der Waals surface area contributed by atoms with Crippen molar-refractivity contribution in [3.63, 3.8) is 0 Å². The monoisotopic (exact) mass is 291 g/mol. The first-order valence-corrected chi connectivity index (χ1v) is 8.42. The fourth-order valence-corrected chi connectivity index (χ4v) is 3.57. The fourth-order valence-electron chi connectivity index (χ4n) is 3.57. The van der Waals surface area contributed by atoms with Crippen LogP contribution in [0.25, 0.3) is 0 Å². The van der Waals surface area contributed by atoms with Crippen LogP contribution in [0.15, 0.2) is 24.3 Å². The smallest absolute Gasteiger partial charge is 0.126 e. The molecule has 0 spiro atoms. The lowest BCUT2D eigenvalue weighted by atomic mass is 9.75. The zero-order valence-electron chi connectivity index (χ0n) is 12.7. The lowest BCUT2D eigenvalue weighted by Crippen LogP contribution is -2.42. The summed E-state index contributed by atoms with van der Waals surface area (Å²) in [5.74, 6) is 0.338. The minimum absolute atomic E-state index is 0.0541. The Balaban J connectivity index is 1.30. The number of ether oxygens (including phenoxy) is 1. The molecule has 3 heteroatoms. The third-order valence-electron chi connectivity index (χ3n) is 4.92. The Kier molecular flexibility index (Phi) is 5.26. The summed E-state index contributed by atoms with van der Waals surface area (Å²) in [5, 5.41) is 3.53. The predicted molar refractivity (Wildman–Crippen MR) is 83.0 cm³/mol. The van der Waals surface area contributed by atoms with E-state index in [2.05, 4.69) is 5.32 Å². The van der Waals surface area contributed by atoms with Crippen LogP contribution in [0.1, 0.15) is 56.4 Å². The van der Waals surface area contributed by atoms with Gasteiger partial charge < -0.3 is 10.1 Å². The van der Waals surface area contributed by atoms with Crippen molar-refractivity contribution in [1.82, 2.24) is 5.32 Å². The summed E-state index contributed by atoms with van der Waals surface area (Å²) < 4.78 is 19.6. The summed E-state index contributed by atoms with van der Waals surface area (Å²) in [6.07, 6.45) is 9.08. The molecule has 0 atom stereocenters. The number of halogens is 1. The van der Waals surface area contributed by atoms with Gasteiger partial charge in [-0.3, -0.25) is 0 Å². The third-order valence-corrected chi connectivity index (χ3v) is 4.92. The zero-order valence-corrected chi connectivity index (χ0v) is 12.7. The molecule has 21 heavy (non-hydrogen) atoms. The van der Waals surface area contributed by atoms with E-state index in [0.29, 0.717) is 18.1 Å². The molecule has 1 aromatic rings. The second-order valence-electron chi connectivity index (χ2n) is 6.47. The number of benzene rings is 1. The van der Waals surface area contributed by atoms with E-state index in [1.54, 1.807) is 12.1 Å². The first kappa shape index (κ1) is 15.0. The van der Waals surface area contributed by atoms with Crippen LogP contribution in [0.4, 0.5) is 4.39 Å². The van der Waals surface area contributed by atoms with Crippen molar-refractivity contribution >= 4 is 0 Å². The molecule has 2 fully saturated rings. The Hall–Kier alpha value is -0.930. The number of hydrogen-bond acceptors (Lipinski definition) is 2. The second-order valence-corrected chi connectivity index (χ2v) is 6.47. The Morgan fingerprint density at radius 2 is 1.86 bits per heavy atom. The van der Waals surface area contributed by atoms with Gasteiger partial charge in [0.25, 0.3) is 0 Å². The zero-order chi connectivity index (χ0) is 14.5. The molecule has 0 amide bonds. The van der Waals surface area contributed by atoms with E-state index >= 15 is 0 Å². The first-order chi connectivity index (χ1) is 10.3. The lowest BCUT2D eigenvalue weighted by molar-refractivity contribution is 0.0280. The van der Waals surface area contributed by atoms with Crippen molar-refractivity contribution in [3.05, 3.63) is 35.6 Å². The summed E-state index contributed by atoms with van der Waals surface area (Å²) in [5.41, 5.74) is 0.883. The maximum atomic E-state index is 13.7. The molecular weight excluding hydrogens is 265 g/mol. The molecule has 2 aliphatic rings. The van der Waals surface area contributed by atoms with Crippen LogP contribution in [0.3, 0.4) is 0 Å². The minimum Gasteiger partial charge on any atom is -0.377 e. The molecule has 2 nitrogen and oxygen atoms in total. The molecule has 0 saturated heterocycles. The lowest BCUT2D eigenvalue weighted by Gasteiger charge is -2.36. The van der Waals surface area contributed by atoms with Crippen LogP contribution in [0.2, 0.25) is 0 Å². The molecule has 0 heterocycles. The molecule has 2 aliphatic carbocycles. The van der Waals surface area contributed by atoms with Crippen molar-refractivity contribution in [3.8, 4) is 0 Å². The molecule has 0 bridgehead atoms. The standard InChI is InChI=1S/C18H26FNO/c19-18-9-5-4-8-17(18)14-12-15(13-14)20-10-11-21-16-6-2-1-3-7-16/h4-5,8-9,14-16,20H,1-3,6-7,10-13H2. The van der Waals surface area contributed by atoms with Gasteiger partial charge in [0.05, 0.1) is 12.7 Å². The van der Waals surface area contributed by atoms with Gasteiger partial charge in [0.2, 0.25) is 0 Å². The van der Waals surface area contributed by atoms with E-state index in [0.717, 1.165) is 31.6 Å². The van der Waals surface area contributed by atoms with E-state index in [4.69, 9.17) is 4.74 Å². The molecular formula is C18H26FNO. The van der Waals surface area contributed by atoms with Crippen LogP contribution >= 0.6 is 0 Å². The highest BCUT2D eigenvalue weighted by Crippen LogP contribution is 2.37. The Bertz CT molecular complexity index is 439. The maximum absolute atomic E-state index is 13.7. The van der Waals surface area contributed by atoms with Crippen molar-refractivity contribution in [1.29, 1.82) is 0 Å². The van der Waals surface area contributed by atoms with Gasteiger partial charge in [-0.1, -0.05) is 37.5 Å². The third kappa shape index (κ3) is 4.04. The van der Waals surface area contributed by atoms with Gasteiger partial charge in [0.1, 0.15) is 5.82 Å². The van der Waals surface area contributed by atoms with E-state index in [-0.39, 0.29) is 5.82 Å². The SMILES string of the molecule is Fc1ccccc1C1CC(NCCOC2CCCCC2)C1. The summed E-state index contributed by atoms with van der Waals surface area (Å²) in [6, 6.07) is 7.70. The van der Waals surface area contributed by atoms with Gasteiger partial charge in [0.15, 0.2) is 0 Å². The molecule has 0 unspecified atom stereocenters. The normalized spacial score (nSPS) is 26.5. The van der Waals surface area contributed by atoms with E-state index in [1.165, 1.54) is 32.1 Å². The predicted octanol–water partition coefficient (Wildman–Crippen LogP) is 4.01. The van der Waals surface area contributed by atoms with E-state index < -0.39 is 0 Å². The number of hydrogen-bond donors (Lipinski definition) is 1. The molecule has 116 valence electrons. The van der Waals surface area contributed by atoms with Crippen molar-refractivity contribution in [2.45, 2.75) is 63.0 Å². The summed E-state index contributed by atoms with van der Waals surface area (Å²) in [7, 11) is 0. The molecule has 2 saturated carbocycles. The largest absolute Gasteiger partial charge is 0.377 e.